The number of hydrogen-bond donors (Lipinski definition) is 3. The van der Waals surface area contributed by atoms with Gasteiger partial charge in [-0.3, -0.25) is 14.6 Å². The van der Waals surface area contributed by atoms with E-state index in [9.17, 15) is 4.79 Å². The Bertz CT molecular complexity index is 541. The van der Waals surface area contributed by atoms with Crippen LogP contribution in [0.1, 0.15) is 21.6 Å². The number of hydrogen-bond acceptors (Lipinski definition) is 4. The summed E-state index contributed by atoms with van der Waals surface area (Å²) in [5.74, 6) is 0.241. The minimum atomic E-state index is -0.246. The van der Waals surface area contributed by atoms with Gasteiger partial charge in [0.2, 0.25) is 0 Å². The molecule has 7 nitrogen and oxygen atoms in total. The smallest absolute Gasteiger partial charge is 0.260 e. The Morgan fingerprint density at radius 3 is 3.00 bits per heavy atom. The fourth-order valence-electron chi connectivity index (χ4n) is 1.55. The van der Waals surface area contributed by atoms with Gasteiger partial charge in [-0.05, 0) is 6.92 Å². The predicted molar refractivity (Wildman–Crippen MR) is 62.4 cm³/mol. The van der Waals surface area contributed by atoms with E-state index in [1.165, 1.54) is 6.20 Å². The van der Waals surface area contributed by atoms with Gasteiger partial charge in [0.1, 0.15) is 0 Å². The molecule has 17 heavy (non-hydrogen) atoms. The topological polar surface area (TPSA) is 102 Å². The van der Waals surface area contributed by atoms with Crippen LogP contribution in [0.15, 0.2) is 12.4 Å². The second kappa shape index (κ2) is 4.38. The molecule has 0 fully saturated rings. The highest BCUT2D eigenvalue weighted by atomic mass is 16.1. The van der Waals surface area contributed by atoms with Gasteiger partial charge in [0.05, 0.1) is 11.8 Å². The van der Waals surface area contributed by atoms with Crippen molar-refractivity contribution in [2.75, 3.05) is 5.32 Å². The monoisotopic (exact) mass is 234 g/mol. The summed E-state index contributed by atoms with van der Waals surface area (Å²) in [6.07, 6.45) is 3.26. The zero-order valence-electron chi connectivity index (χ0n) is 9.69. The number of rotatable bonds is 3. The standard InChI is InChI=1S/C10H14N6O/c1-6-8(4-12-14-6)10(17)13-9-7(3-11)5-16(2)15-9/h4-5H,3,11H2,1-2H3,(H,12,14)(H,13,15,17). The van der Waals surface area contributed by atoms with Crippen molar-refractivity contribution in [1.29, 1.82) is 0 Å². The largest absolute Gasteiger partial charge is 0.326 e. The Kier molecular flexibility index (Phi) is 2.92. The molecule has 2 rings (SSSR count). The fraction of sp³-hybridized carbons (Fsp3) is 0.300. The van der Waals surface area contributed by atoms with Crippen molar-refractivity contribution in [2.45, 2.75) is 13.5 Å². The second-order valence-electron chi connectivity index (χ2n) is 3.74. The molecule has 0 atom stereocenters. The maximum atomic E-state index is 11.9. The van der Waals surface area contributed by atoms with Gasteiger partial charge in [-0.25, -0.2) is 0 Å². The molecule has 0 unspecified atom stereocenters. The zero-order chi connectivity index (χ0) is 12.4. The Morgan fingerprint density at radius 2 is 2.41 bits per heavy atom. The van der Waals surface area contributed by atoms with E-state index < -0.39 is 0 Å². The molecule has 0 bridgehead atoms. The van der Waals surface area contributed by atoms with Crippen molar-refractivity contribution in [3.63, 3.8) is 0 Å². The van der Waals surface area contributed by atoms with E-state index in [4.69, 9.17) is 5.73 Å². The van der Waals surface area contributed by atoms with Crippen LogP contribution < -0.4 is 11.1 Å². The van der Waals surface area contributed by atoms with E-state index in [1.807, 2.05) is 0 Å². The molecule has 90 valence electrons. The Hall–Kier alpha value is -2.15. The zero-order valence-corrected chi connectivity index (χ0v) is 9.69. The quantitative estimate of drug-likeness (QED) is 0.704. The molecular weight excluding hydrogens is 220 g/mol. The van der Waals surface area contributed by atoms with Crippen LogP contribution in [-0.4, -0.2) is 25.9 Å². The average Bonchev–Trinajstić information content (AvgIpc) is 2.84. The van der Waals surface area contributed by atoms with Crippen molar-refractivity contribution in [2.24, 2.45) is 12.8 Å². The number of H-pyrrole nitrogens is 1. The predicted octanol–water partition coefficient (Wildman–Crippen LogP) is 0.163. The maximum absolute atomic E-state index is 11.9. The first-order chi connectivity index (χ1) is 8.11. The Labute approximate surface area is 98.0 Å². The summed E-state index contributed by atoms with van der Waals surface area (Å²) in [7, 11) is 1.78. The lowest BCUT2D eigenvalue weighted by Gasteiger charge is -2.02. The van der Waals surface area contributed by atoms with Crippen molar-refractivity contribution in [3.05, 3.63) is 29.2 Å². The van der Waals surface area contributed by atoms with Gasteiger partial charge >= 0.3 is 0 Å². The average molecular weight is 234 g/mol. The molecule has 2 aromatic heterocycles. The van der Waals surface area contributed by atoms with Gasteiger partial charge in [0, 0.05) is 31.0 Å². The molecule has 0 saturated heterocycles. The number of carbonyl (C=O) groups excluding carboxylic acids is 1. The van der Waals surface area contributed by atoms with Crippen LogP contribution in [-0.2, 0) is 13.6 Å². The molecule has 0 aliphatic rings. The van der Waals surface area contributed by atoms with Crippen LogP contribution in [0.3, 0.4) is 0 Å². The van der Waals surface area contributed by atoms with Crippen LogP contribution in [0.2, 0.25) is 0 Å². The lowest BCUT2D eigenvalue weighted by molar-refractivity contribution is 0.102. The molecular formula is C10H14N6O. The molecule has 0 aliphatic heterocycles. The summed E-state index contributed by atoms with van der Waals surface area (Å²) in [4.78, 5) is 11.9. The molecule has 0 aromatic carbocycles. The molecule has 0 aliphatic carbocycles. The van der Waals surface area contributed by atoms with Crippen LogP contribution in [0.5, 0.6) is 0 Å². The van der Waals surface area contributed by atoms with E-state index in [0.29, 0.717) is 23.6 Å². The summed E-state index contributed by atoms with van der Waals surface area (Å²) in [6, 6.07) is 0. The number of aromatic amines is 1. The maximum Gasteiger partial charge on any atom is 0.260 e. The highest BCUT2D eigenvalue weighted by Gasteiger charge is 2.14. The lowest BCUT2D eigenvalue weighted by atomic mass is 10.2. The fourth-order valence-corrected chi connectivity index (χ4v) is 1.55. The molecule has 0 radical (unpaired) electrons. The number of nitrogens with two attached hydrogens (primary N) is 1. The highest BCUT2D eigenvalue weighted by molar-refractivity contribution is 6.04. The van der Waals surface area contributed by atoms with E-state index in [2.05, 4.69) is 20.6 Å². The lowest BCUT2D eigenvalue weighted by Crippen LogP contribution is -2.14. The number of anilines is 1. The molecule has 4 N–H and O–H groups in total. The normalized spacial score (nSPS) is 10.5. The first-order valence-corrected chi connectivity index (χ1v) is 5.15. The van der Waals surface area contributed by atoms with Crippen molar-refractivity contribution in [1.82, 2.24) is 20.0 Å². The van der Waals surface area contributed by atoms with Crippen LogP contribution >= 0.6 is 0 Å². The van der Waals surface area contributed by atoms with Gasteiger partial charge in [0.25, 0.3) is 5.91 Å². The summed E-state index contributed by atoms with van der Waals surface area (Å²) < 4.78 is 1.61. The molecule has 2 aromatic rings. The summed E-state index contributed by atoms with van der Waals surface area (Å²) in [5.41, 5.74) is 7.57. The number of aromatic nitrogens is 4. The van der Waals surface area contributed by atoms with Crippen LogP contribution in [0, 0.1) is 6.92 Å². The molecule has 0 saturated carbocycles. The van der Waals surface area contributed by atoms with Gasteiger partial charge in [-0.15, -0.1) is 0 Å². The third-order valence-electron chi connectivity index (χ3n) is 2.43. The van der Waals surface area contributed by atoms with E-state index in [0.717, 1.165) is 5.56 Å². The second-order valence-corrected chi connectivity index (χ2v) is 3.74. The van der Waals surface area contributed by atoms with E-state index in [1.54, 1.807) is 24.9 Å². The molecule has 7 heteroatoms. The van der Waals surface area contributed by atoms with Crippen LogP contribution in [0.25, 0.3) is 0 Å². The Balaban J connectivity index is 2.21. The molecule has 1 amide bonds. The number of aryl methyl sites for hydroxylation is 2. The highest BCUT2D eigenvalue weighted by Crippen LogP contribution is 2.13. The van der Waals surface area contributed by atoms with Gasteiger partial charge in [0.15, 0.2) is 5.82 Å². The van der Waals surface area contributed by atoms with Gasteiger partial charge in [-0.2, -0.15) is 10.2 Å². The Morgan fingerprint density at radius 1 is 1.65 bits per heavy atom. The first kappa shape index (κ1) is 11.3. The number of amides is 1. The molecule has 0 spiro atoms. The number of carbonyl (C=O) groups is 1. The SMILES string of the molecule is Cc1[nH]ncc1C(=O)Nc1nn(C)cc1CN. The first-order valence-electron chi connectivity index (χ1n) is 5.15. The third kappa shape index (κ3) is 2.18. The molecule has 2 heterocycles. The van der Waals surface area contributed by atoms with Crippen molar-refractivity contribution in [3.8, 4) is 0 Å². The van der Waals surface area contributed by atoms with Crippen molar-refractivity contribution >= 4 is 11.7 Å². The van der Waals surface area contributed by atoms with Gasteiger partial charge < -0.3 is 11.1 Å². The van der Waals surface area contributed by atoms with Crippen molar-refractivity contribution < 1.29 is 4.79 Å². The van der Waals surface area contributed by atoms with E-state index in [-0.39, 0.29) is 5.91 Å². The summed E-state index contributed by atoms with van der Waals surface area (Å²) in [6.45, 7) is 2.11. The third-order valence-corrected chi connectivity index (χ3v) is 2.43. The minimum Gasteiger partial charge on any atom is -0.326 e. The minimum absolute atomic E-state index is 0.246. The summed E-state index contributed by atoms with van der Waals surface area (Å²) in [5, 5.41) is 13.4. The van der Waals surface area contributed by atoms with Gasteiger partial charge in [-0.1, -0.05) is 0 Å². The van der Waals surface area contributed by atoms with E-state index >= 15 is 0 Å². The summed E-state index contributed by atoms with van der Waals surface area (Å²) >= 11 is 0. The number of nitrogens with zero attached hydrogens (tertiary/aromatic N) is 3. The number of nitrogens with one attached hydrogen (secondary N) is 2. The van der Waals surface area contributed by atoms with Crippen LogP contribution in [0.4, 0.5) is 5.82 Å².